The van der Waals surface area contributed by atoms with Crippen molar-refractivity contribution < 1.29 is 0 Å². The Kier molecular flexibility index (Phi) is 5.05. The molecule has 0 bridgehead atoms. The van der Waals surface area contributed by atoms with Gasteiger partial charge < -0.3 is 5.32 Å². The van der Waals surface area contributed by atoms with E-state index < -0.39 is 0 Å². The number of nitrogens with zero attached hydrogens (tertiary/aromatic N) is 2. The summed E-state index contributed by atoms with van der Waals surface area (Å²) in [5.41, 5.74) is 1.85. The SMILES string of the molecule is Cc1cc(Cl)c(CN(CC2CC2)CC2CCCN2)c(Cl)n1. The summed E-state index contributed by atoms with van der Waals surface area (Å²) in [6, 6.07) is 2.52. The lowest BCUT2D eigenvalue weighted by atomic mass is 10.1. The van der Waals surface area contributed by atoms with Crippen LogP contribution in [0.2, 0.25) is 10.2 Å². The van der Waals surface area contributed by atoms with Gasteiger partial charge in [0.2, 0.25) is 0 Å². The van der Waals surface area contributed by atoms with Gasteiger partial charge in [0.25, 0.3) is 0 Å². The summed E-state index contributed by atoms with van der Waals surface area (Å²) in [5.74, 6) is 0.863. The van der Waals surface area contributed by atoms with Gasteiger partial charge in [0.05, 0.1) is 0 Å². The van der Waals surface area contributed by atoms with Gasteiger partial charge in [0.1, 0.15) is 5.15 Å². The molecule has 116 valence electrons. The molecule has 21 heavy (non-hydrogen) atoms. The van der Waals surface area contributed by atoms with Crippen molar-refractivity contribution in [3.63, 3.8) is 0 Å². The van der Waals surface area contributed by atoms with Crippen LogP contribution in [0.4, 0.5) is 0 Å². The smallest absolute Gasteiger partial charge is 0.135 e. The molecule has 1 saturated heterocycles. The Balaban J connectivity index is 1.70. The minimum Gasteiger partial charge on any atom is -0.313 e. The van der Waals surface area contributed by atoms with Gasteiger partial charge in [-0.15, -0.1) is 0 Å². The van der Waals surface area contributed by atoms with Crippen molar-refractivity contribution in [2.45, 2.75) is 45.2 Å². The summed E-state index contributed by atoms with van der Waals surface area (Å²) in [5, 5.41) is 4.88. The fraction of sp³-hybridized carbons (Fsp3) is 0.688. The van der Waals surface area contributed by atoms with Crippen LogP contribution in [0.3, 0.4) is 0 Å². The highest BCUT2D eigenvalue weighted by molar-refractivity contribution is 6.35. The summed E-state index contributed by atoms with van der Waals surface area (Å²) >= 11 is 12.7. The minimum atomic E-state index is 0.556. The zero-order valence-electron chi connectivity index (χ0n) is 12.5. The Morgan fingerprint density at radius 2 is 2.10 bits per heavy atom. The summed E-state index contributed by atoms with van der Waals surface area (Å²) in [7, 11) is 0. The van der Waals surface area contributed by atoms with E-state index in [2.05, 4.69) is 15.2 Å². The standard InChI is InChI=1S/C16H23Cl2N3/c1-11-7-15(17)14(16(18)20-11)10-21(8-12-4-5-12)9-13-3-2-6-19-13/h7,12-13,19H,2-6,8-10H2,1H3. The number of aromatic nitrogens is 1. The molecule has 2 heterocycles. The van der Waals surface area contributed by atoms with E-state index >= 15 is 0 Å². The first-order valence-corrected chi connectivity index (χ1v) is 8.64. The molecule has 1 aromatic rings. The molecule has 1 unspecified atom stereocenters. The van der Waals surface area contributed by atoms with Crippen molar-refractivity contribution in [1.82, 2.24) is 15.2 Å². The molecule has 5 heteroatoms. The molecule has 3 rings (SSSR count). The molecule has 0 radical (unpaired) electrons. The fourth-order valence-corrected chi connectivity index (χ4v) is 3.73. The number of hydrogen-bond acceptors (Lipinski definition) is 3. The highest BCUT2D eigenvalue weighted by Crippen LogP contribution is 2.32. The molecule has 1 aliphatic carbocycles. The Morgan fingerprint density at radius 3 is 2.71 bits per heavy atom. The molecule has 0 spiro atoms. The molecule has 0 aromatic carbocycles. The molecule has 0 amide bonds. The van der Waals surface area contributed by atoms with Gasteiger partial charge in [-0.05, 0) is 51.1 Å². The van der Waals surface area contributed by atoms with Gasteiger partial charge in [-0.25, -0.2) is 4.98 Å². The van der Waals surface area contributed by atoms with E-state index in [1.165, 1.54) is 25.7 Å². The van der Waals surface area contributed by atoms with Gasteiger partial charge in [0.15, 0.2) is 0 Å². The minimum absolute atomic E-state index is 0.556. The first-order valence-electron chi connectivity index (χ1n) is 7.89. The van der Waals surface area contributed by atoms with Crippen LogP contribution in [0.25, 0.3) is 0 Å². The van der Waals surface area contributed by atoms with Crippen molar-refractivity contribution in [3.8, 4) is 0 Å². The number of hydrogen-bond donors (Lipinski definition) is 1. The van der Waals surface area contributed by atoms with E-state index in [0.29, 0.717) is 11.2 Å². The lowest BCUT2D eigenvalue weighted by molar-refractivity contribution is 0.231. The Labute approximate surface area is 137 Å². The maximum Gasteiger partial charge on any atom is 0.135 e. The first kappa shape index (κ1) is 15.5. The first-order chi connectivity index (χ1) is 10.1. The van der Waals surface area contributed by atoms with Crippen LogP contribution < -0.4 is 5.32 Å². The Bertz CT molecular complexity index is 473. The van der Waals surface area contributed by atoms with Crippen molar-refractivity contribution in [2.24, 2.45) is 5.92 Å². The van der Waals surface area contributed by atoms with Crippen LogP contribution in [0, 0.1) is 12.8 Å². The third-order valence-electron chi connectivity index (χ3n) is 4.38. The second-order valence-electron chi connectivity index (χ2n) is 6.45. The summed E-state index contributed by atoms with van der Waals surface area (Å²) in [6.07, 6.45) is 5.29. The molecule has 1 saturated carbocycles. The zero-order valence-corrected chi connectivity index (χ0v) is 14.1. The Morgan fingerprint density at radius 1 is 1.29 bits per heavy atom. The average molecular weight is 328 g/mol. The summed E-state index contributed by atoms with van der Waals surface area (Å²) < 4.78 is 0. The maximum absolute atomic E-state index is 6.38. The molecule has 3 nitrogen and oxygen atoms in total. The van der Waals surface area contributed by atoms with E-state index in [0.717, 1.165) is 48.4 Å². The molecule has 1 aliphatic heterocycles. The third kappa shape index (κ3) is 4.32. The largest absolute Gasteiger partial charge is 0.313 e. The number of halogens is 2. The fourth-order valence-electron chi connectivity index (χ4n) is 3.08. The van der Waals surface area contributed by atoms with Crippen LogP contribution in [0.5, 0.6) is 0 Å². The van der Waals surface area contributed by atoms with E-state index in [1.54, 1.807) is 0 Å². The lowest BCUT2D eigenvalue weighted by Gasteiger charge is -2.26. The highest BCUT2D eigenvalue weighted by atomic mass is 35.5. The van der Waals surface area contributed by atoms with Gasteiger partial charge in [-0.2, -0.15) is 0 Å². The third-order valence-corrected chi connectivity index (χ3v) is 5.03. The van der Waals surface area contributed by atoms with Gasteiger partial charge in [-0.3, -0.25) is 4.90 Å². The number of pyridine rings is 1. The predicted octanol–water partition coefficient (Wildman–Crippen LogP) is 3.66. The summed E-state index contributed by atoms with van der Waals surface area (Å²) in [6.45, 7) is 6.11. The van der Waals surface area contributed by atoms with Crippen LogP contribution in [-0.4, -0.2) is 35.6 Å². The maximum atomic E-state index is 6.38. The Hall–Kier alpha value is -0.350. The molecular weight excluding hydrogens is 305 g/mol. The molecule has 2 fully saturated rings. The topological polar surface area (TPSA) is 28.2 Å². The number of aryl methyl sites for hydroxylation is 1. The molecule has 1 atom stereocenters. The van der Waals surface area contributed by atoms with Crippen LogP contribution in [-0.2, 0) is 6.54 Å². The van der Waals surface area contributed by atoms with E-state index in [1.807, 2.05) is 13.0 Å². The van der Waals surface area contributed by atoms with Crippen molar-refractivity contribution in [3.05, 3.63) is 27.5 Å². The molecule has 2 aliphatic rings. The van der Waals surface area contributed by atoms with Crippen LogP contribution >= 0.6 is 23.2 Å². The second kappa shape index (κ2) is 6.82. The van der Waals surface area contributed by atoms with Crippen LogP contribution in [0.1, 0.15) is 36.9 Å². The lowest BCUT2D eigenvalue weighted by Crippen LogP contribution is -2.38. The zero-order chi connectivity index (χ0) is 14.8. The van der Waals surface area contributed by atoms with Gasteiger partial charge in [-0.1, -0.05) is 23.2 Å². The number of nitrogens with one attached hydrogen (secondary N) is 1. The molecular formula is C16H23Cl2N3. The van der Waals surface area contributed by atoms with E-state index in [-0.39, 0.29) is 0 Å². The van der Waals surface area contributed by atoms with Crippen molar-refractivity contribution in [1.29, 1.82) is 0 Å². The molecule has 1 N–H and O–H groups in total. The van der Waals surface area contributed by atoms with E-state index in [9.17, 15) is 0 Å². The average Bonchev–Trinajstić information content (AvgIpc) is 3.07. The highest BCUT2D eigenvalue weighted by Gasteiger charge is 2.27. The second-order valence-corrected chi connectivity index (χ2v) is 7.21. The number of rotatable bonds is 6. The van der Waals surface area contributed by atoms with Crippen molar-refractivity contribution in [2.75, 3.05) is 19.6 Å². The quantitative estimate of drug-likeness (QED) is 0.808. The normalized spacial score (nSPS) is 22.2. The summed E-state index contributed by atoms with van der Waals surface area (Å²) in [4.78, 5) is 6.86. The molecule has 1 aromatic heterocycles. The van der Waals surface area contributed by atoms with Crippen molar-refractivity contribution >= 4 is 23.2 Å². The van der Waals surface area contributed by atoms with Gasteiger partial charge in [0, 0.05) is 42.0 Å². The van der Waals surface area contributed by atoms with Gasteiger partial charge >= 0.3 is 0 Å². The van der Waals surface area contributed by atoms with Crippen LogP contribution in [0.15, 0.2) is 6.07 Å². The van der Waals surface area contributed by atoms with E-state index in [4.69, 9.17) is 23.2 Å². The predicted molar refractivity (Wildman–Crippen MR) is 88.0 cm³/mol. The monoisotopic (exact) mass is 327 g/mol.